The van der Waals surface area contributed by atoms with Crippen molar-refractivity contribution < 1.29 is 14.3 Å². The van der Waals surface area contributed by atoms with E-state index in [1.807, 2.05) is 6.92 Å². The van der Waals surface area contributed by atoms with E-state index in [1.165, 1.54) is 0 Å². The molecule has 0 bridgehead atoms. The van der Waals surface area contributed by atoms with E-state index in [9.17, 15) is 4.79 Å². The molecule has 1 saturated carbocycles. The van der Waals surface area contributed by atoms with E-state index in [0.717, 1.165) is 36.5 Å². The van der Waals surface area contributed by atoms with Crippen molar-refractivity contribution in [1.29, 1.82) is 0 Å². The molecule has 4 heteroatoms. The van der Waals surface area contributed by atoms with Crippen LogP contribution in [0.1, 0.15) is 39.0 Å². The molecule has 0 aromatic rings. The lowest BCUT2D eigenvalue weighted by atomic mass is 9.75. The molecule has 0 radical (unpaired) electrons. The number of halogens is 1. The Bertz CT molecular complexity index is 274. The molecule has 1 aliphatic carbocycles. The van der Waals surface area contributed by atoms with Crippen molar-refractivity contribution in [2.24, 2.45) is 11.8 Å². The van der Waals surface area contributed by atoms with Gasteiger partial charge in [0.1, 0.15) is 5.78 Å². The lowest BCUT2D eigenvalue weighted by molar-refractivity contribution is -0.206. The lowest BCUT2D eigenvalue weighted by Gasteiger charge is -2.38. The van der Waals surface area contributed by atoms with Gasteiger partial charge in [-0.25, -0.2) is 0 Å². The molecule has 98 valence electrons. The SMILES string of the molecule is C[C@@H]1CCC[C@@H](C2(CCCI)OCCO2)C1=O. The summed E-state index contributed by atoms with van der Waals surface area (Å²) in [6.07, 6.45) is 5.00. The average molecular weight is 352 g/mol. The third-order valence-corrected chi connectivity index (χ3v) is 4.69. The summed E-state index contributed by atoms with van der Waals surface area (Å²) in [6, 6.07) is 0. The zero-order valence-corrected chi connectivity index (χ0v) is 12.6. The van der Waals surface area contributed by atoms with Crippen molar-refractivity contribution in [1.82, 2.24) is 0 Å². The van der Waals surface area contributed by atoms with Gasteiger partial charge >= 0.3 is 0 Å². The number of carbonyl (C=O) groups is 1. The number of alkyl halides is 1. The van der Waals surface area contributed by atoms with Crippen LogP contribution in [0.4, 0.5) is 0 Å². The number of rotatable bonds is 4. The normalized spacial score (nSPS) is 32.9. The second-order valence-corrected chi connectivity index (χ2v) is 6.17. The molecule has 3 nitrogen and oxygen atoms in total. The summed E-state index contributed by atoms with van der Waals surface area (Å²) < 4.78 is 12.8. The molecule has 2 aliphatic rings. The van der Waals surface area contributed by atoms with Crippen LogP contribution in [0.3, 0.4) is 0 Å². The van der Waals surface area contributed by atoms with Gasteiger partial charge in [-0.05, 0) is 23.7 Å². The number of ether oxygens (including phenoxy) is 2. The van der Waals surface area contributed by atoms with Crippen molar-refractivity contribution >= 4 is 28.4 Å². The summed E-state index contributed by atoms with van der Waals surface area (Å²) in [5.41, 5.74) is 0. The Morgan fingerprint density at radius 3 is 2.71 bits per heavy atom. The minimum atomic E-state index is -0.586. The van der Waals surface area contributed by atoms with E-state index in [2.05, 4.69) is 22.6 Å². The van der Waals surface area contributed by atoms with Crippen molar-refractivity contribution in [3.05, 3.63) is 0 Å². The molecule has 2 atom stereocenters. The minimum Gasteiger partial charge on any atom is -0.347 e. The molecule has 0 amide bonds. The number of carbonyl (C=O) groups excluding carboxylic acids is 1. The summed E-state index contributed by atoms with van der Waals surface area (Å²) in [6.45, 7) is 3.31. The van der Waals surface area contributed by atoms with E-state index >= 15 is 0 Å². The van der Waals surface area contributed by atoms with Crippen LogP contribution in [0.15, 0.2) is 0 Å². The van der Waals surface area contributed by atoms with E-state index in [-0.39, 0.29) is 11.8 Å². The Morgan fingerprint density at radius 1 is 1.35 bits per heavy atom. The molecule has 0 unspecified atom stereocenters. The Labute approximate surface area is 117 Å². The van der Waals surface area contributed by atoms with Crippen LogP contribution in [-0.2, 0) is 14.3 Å². The highest BCUT2D eigenvalue weighted by molar-refractivity contribution is 14.1. The Hall–Kier alpha value is 0.320. The summed E-state index contributed by atoms with van der Waals surface area (Å²) in [5.74, 6) is -0.0851. The van der Waals surface area contributed by atoms with Gasteiger partial charge in [-0.3, -0.25) is 4.79 Å². The van der Waals surface area contributed by atoms with Crippen LogP contribution in [0, 0.1) is 11.8 Å². The van der Waals surface area contributed by atoms with Crippen molar-refractivity contribution in [3.63, 3.8) is 0 Å². The fourth-order valence-electron chi connectivity index (χ4n) is 3.00. The maximum Gasteiger partial charge on any atom is 0.178 e. The maximum absolute atomic E-state index is 12.3. The van der Waals surface area contributed by atoms with Gasteiger partial charge in [0, 0.05) is 12.3 Å². The molecular formula is C13H21IO3. The first-order valence-corrected chi connectivity index (χ1v) is 8.10. The third-order valence-electron chi connectivity index (χ3n) is 3.92. The zero-order valence-electron chi connectivity index (χ0n) is 10.4. The fraction of sp³-hybridized carbons (Fsp3) is 0.923. The molecule has 0 aromatic carbocycles. The van der Waals surface area contributed by atoms with Gasteiger partial charge in [0.15, 0.2) is 5.79 Å². The van der Waals surface area contributed by atoms with Crippen molar-refractivity contribution in [3.8, 4) is 0 Å². The molecule has 0 spiro atoms. The van der Waals surface area contributed by atoms with Crippen LogP contribution >= 0.6 is 22.6 Å². The molecule has 1 aliphatic heterocycles. The molecule has 1 saturated heterocycles. The smallest absolute Gasteiger partial charge is 0.178 e. The molecule has 2 fully saturated rings. The predicted molar refractivity (Wildman–Crippen MR) is 74.3 cm³/mol. The molecule has 17 heavy (non-hydrogen) atoms. The Kier molecular flexibility index (Phi) is 4.83. The molecule has 1 heterocycles. The topological polar surface area (TPSA) is 35.5 Å². The van der Waals surface area contributed by atoms with Gasteiger partial charge in [0.2, 0.25) is 0 Å². The monoisotopic (exact) mass is 352 g/mol. The second-order valence-electron chi connectivity index (χ2n) is 5.09. The van der Waals surface area contributed by atoms with Crippen LogP contribution in [0.2, 0.25) is 0 Å². The third kappa shape index (κ3) is 2.84. The highest BCUT2D eigenvalue weighted by Crippen LogP contribution is 2.41. The number of hydrogen-bond donors (Lipinski definition) is 0. The van der Waals surface area contributed by atoms with Gasteiger partial charge in [-0.15, -0.1) is 0 Å². The predicted octanol–water partition coefficient (Wildman–Crippen LogP) is 2.95. The maximum atomic E-state index is 12.3. The summed E-state index contributed by atoms with van der Waals surface area (Å²) in [5, 5.41) is 0. The first-order chi connectivity index (χ1) is 8.19. The Balaban J connectivity index is 2.11. The van der Waals surface area contributed by atoms with E-state index in [1.54, 1.807) is 0 Å². The largest absolute Gasteiger partial charge is 0.347 e. The zero-order chi connectivity index (χ0) is 12.3. The first kappa shape index (κ1) is 13.7. The van der Waals surface area contributed by atoms with Gasteiger partial charge < -0.3 is 9.47 Å². The van der Waals surface area contributed by atoms with Gasteiger partial charge in [-0.1, -0.05) is 35.9 Å². The first-order valence-electron chi connectivity index (χ1n) is 6.57. The average Bonchev–Trinajstić information content (AvgIpc) is 2.80. The van der Waals surface area contributed by atoms with Crippen molar-refractivity contribution in [2.75, 3.05) is 17.6 Å². The lowest BCUT2D eigenvalue weighted by Crippen LogP contribution is -2.47. The Morgan fingerprint density at radius 2 is 2.06 bits per heavy atom. The number of hydrogen-bond acceptors (Lipinski definition) is 3. The number of Topliss-reactive ketones (excluding diaryl/α,β-unsaturated/α-hetero) is 1. The van der Waals surface area contributed by atoms with Crippen LogP contribution in [0.5, 0.6) is 0 Å². The van der Waals surface area contributed by atoms with Gasteiger partial charge in [-0.2, -0.15) is 0 Å². The van der Waals surface area contributed by atoms with Gasteiger partial charge in [0.25, 0.3) is 0 Å². The van der Waals surface area contributed by atoms with E-state index in [0.29, 0.717) is 19.0 Å². The highest BCUT2D eigenvalue weighted by Gasteiger charge is 2.49. The van der Waals surface area contributed by atoms with E-state index < -0.39 is 5.79 Å². The standard InChI is InChI=1S/C13H21IO3/c1-10-4-2-5-11(12(10)15)13(6-3-7-14)16-8-9-17-13/h10-11H,2-9H2,1H3/t10-,11-/m1/s1. The quantitative estimate of drug-likeness (QED) is 0.577. The van der Waals surface area contributed by atoms with E-state index in [4.69, 9.17) is 9.47 Å². The molecular weight excluding hydrogens is 331 g/mol. The molecule has 0 N–H and O–H groups in total. The van der Waals surface area contributed by atoms with Gasteiger partial charge in [0.05, 0.1) is 19.1 Å². The second kappa shape index (κ2) is 5.97. The van der Waals surface area contributed by atoms with Crippen LogP contribution < -0.4 is 0 Å². The van der Waals surface area contributed by atoms with Crippen molar-refractivity contribution in [2.45, 2.75) is 44.8 Å². The summed E-state index contributed by atoms with van der Waals surface area (Å²) in [4.78, 5) is 12.3. The highest BCUT2D eigenvalue weighted by atomic mass is 127. The minimum absolute atomic E-state index is 0.0308. The number of ketones is 1. The fourth-order valence-corrected chi connectivity index (χ4v) is 3.38. The van der Waals surface area contributed by atoms with Crippen LogP contribution in [-0.4, -0.2) is 29.2 Å². The summed E-state index contributed by atoms with van der Waals surface area (Å²) in [7, 11) is 0. The summed E-state index contributed by atoms with van der Waals surface area (Å²) >= 11 is 2.36. The molecule has 2 rings (SSSR count). The van der Waals surface area contributed by atoms with Crippen LogP contribution in [0.25, 0.3) is 0 Å². The molecule has 0 aromatic heterocycles.